The number of nitrogens with one attached hydrogen (secondary N) is 1. The van der Waals surface area contributed by atoms with Crippen LogP contribution in [-0.4, -0.2) is 36.8 Å². The van der Waals surface area contributed by atoms with E-state index < -0.39 is 0 Å². The van der Waals surface area contributed by atoms with Gasteiger partial charge in [0.25, 0.3) is 0 Å². The van der Waals surface area contributed by atoms with Gasteiger partial charge in [-0.05, 0) is 6.92 Å². The third-order valence-corrected chi connectivity index (χ3v) is 2.16. The van der Waals surface area contributed by atoms with E-state index in [-0.39, 0.29) is 0 Å². The van der Waals surface area contributed by atoms with Gasteiger partial charge in [0.05, 0.1) is 6.54 Å². The third kappa shape index (κ3) is 1.28. The van der Waals surface area contributed by atoms with Crippen molar-refractivity contribution in [2.24, 2.45) is 4.99 Å². The summed E-state index contributed by atoms with van der Waals surface area (Å²) < 4.78 is 0. The Morgan fingerprint density at radius 3 is 3.55 bits per heavy atom. The zero-order valence-electron chi connectivity index (χ0n) is 6.75. The quantitative estimate of drug-likeness (QED) is 0.536. The summed E-state index contributed by atoms with van der Waals surface area (Å²) in [6, 6.07) is 0.610. The van der Waals surface area contributed by atoms with E-state index in [0.29, 0.717) is 6.04 Å². The van der Waals surface area contributed by atoms with Gasteiger partial charge >= 0.3 is 0 Å². The van der Waals surface area contributed by atoms with Crippen LogP contribution in [-0.2, 0) is 0 Å². The van der Waals surface area contributed by atoms with E-state index in [4.69, 9.17) is 0 Å². The second-order valence-electron chi connectivity index (χ2n) is 3.14. The summed E-state index contributed by atoms with van der Waals surface area (Å²) in [5.74, 6) is 0. The maximum absolute atomic E-state index is 4.12. The fourth-order valence-corrected chi connectivity index (χ4v) is 1.51. The number of piperazine rings is 1. The van der Waals surface area contributed by atoms with E-state index in [1.165, 1.54) is 5.70 Å². The summed E-state index contributed by atoms with van der Waals surface area (Å²) in [6.45, 7) is 5.27. The molecule has 2 heterocycles. The van der Waals surface area contributed by atoms with Crippen LogP contribution in [0.25, 0.3) is 0 Å². The lowest BCUT2D eigenvalue weighted by Crippen LogP contribution is -2.48. The Hall–Kier alpha value is -0.830. The molecule has 1 saturated heterocycles. The van der Waals surface area contributed by atoms with Gasteiger partial charge in [0.15, 0.2) is 0 Å². The van der Waals surface area contributed by atoms with Crippen molar-refractivity contribution in [3.8, 4) is 0 Å². The van der Waals surface area contributed by atoms with Crippen molar-refractivity contribution in [3.05, 3.63) is 11.9 Å². The lowest BCUT2D eigenvalue weighted by molar-refractivity contribution is 0.287. The van der Waals surface area contributed by atoms with E-state index in [9.17, 15) is 0 Å². The lowest BCUT2D eigenvalue weighted by Gasteiger charge is -2.35. The summed E-state index contributed by atoms with van der Waals surface area (Å²) in [5.41, 5.74) is 1.32. The molecule has 0 amide bonds. The van der Waals surface area contributed by atoms with Crippen molar-refractivity contribution in [1.29, 1.82) is 0 Å². The van der Waals surface area contributed by atoms with Crippen molar-refractivity contribution in [1.82, 2.24) is 10.2 Å². The molecular formula is C8H13N3. The molecule has 2 aliphatic heterocycles. The molecule has 3 nitrogen and oxygen atoms in total. The second-order valence-corrected chi connectivity index (χ2v) is 3.14. The molecule has 1 N–H and O–H groups in total. The molecule has 0 aliphatic carbocycles. The van der Waals surface area contributed by atoms with E-state index in [1.807, 2.05) is 12.4 Å². The minimum absolute atomic E-state index is 0.610. The molecule has 60 valence electrons. The van der Waals surface area contributed by atoms with Crippen LogP contribution in [0, 0.1) is 0 Å². The van der Waals surface area contributed by atoms with Crippen molar-refractivity contribution in [2.45, 2.75) is 13.0 Å². The van der Waals surface area contributed by atoms with E-state index in [1.54, 1.807) is 0 Å². The highest BCUT2D eigenvalue weighted by molar-refractivity contribution is 5.62. The molecule has 0 bridgehead atoms. The largest absolute Gasteiger partial charge is 0.366 e. The monoisotopic (exact) mass is 151 g/mol. The highest BCUT2D eigenvalue weighted by Crippen LogP contribution is 2.11. The summed E-state index contributed by atoms with van der Waals surface area (Å²) in [7, 11) is 0. The standard InChI is InChI=1S/C8H13N3/c1-7-6-11-3-2-9-4-8(11)5-10-7/h2,4,7,10H,3,5-6H2,1H3/t7-/m1/s1. The molecule has 0 aromatic rings. The van der Waals surface area contributed by atoms with Gasteiger partial charge in [-0.1, -0.05) is 0 Å². The molecule has 0 saturated carbocycles. The zero-order chi connectivity index (χ0) is 7.68. The minimum Gasteiger partial charge on any atom is -0.366 e. The Kier molecular flexibility index (Phi) is 1.66. The predicted octanol–water partition coefficient (Wildman–Crippen LogP) is 0.206. The number of aliphatic imine (C=N–C) groups is 1. The molecule has 0 radical (unpaired) electrons. The molecule has 1 atom stereocenters. The fraction of sp³-hybridized carbons (Fsp3) is 0.625. The van der Waals surface area contributed by atoms with E-state index in [0.717, 1.165) is 19.6 Å². The molecule has 0 aromatic carbocycles. The first kappa shape index (κ1) is 6.85. The lowest BCUT2D eigenvalue weighted by atomic mass is 10.2. The topological polar surface area (TPSA) is 27.6 Å². The van der Waals surface area contributed by atoms with Gasteiger partial charge in [0.1, 0.15) is 0 Å². The van der Waals surface area contributed by atoms with Gasteiger partial charge in [-0.25, -0.2) is 0 Å². The summed E-state index contributed by atoms with van der Waals surface area (Å²) in [4.78, 5) is 6.49. The maximum Gasteiger partial charge on any atom is 0.0531 e. The minimum atomic E-state index is 0.610. The number of fused-ring (bicyclic) bond motifs is 1. The maximum atomic E-state index is 4.12. The van der Waals surface area contributed by atoms with Crippen LogP contribution < -0.4 is 5.32 Å². The Labute approximate surface area is 66.8 Å². The first-order valence-electron chi connectivity index (χ1n) is 4.05. The van der Waals surface area contributed by atoms with Crippen LogP contribution in [0.5, 0.6) is 0 Å². The van der Waals surface area contributed by atoms with Gasteiger partial charge in [0.2, 0.25) is 0 Å². The summed E-state index contributed by atoms with van der Waals surface area (Å²) in [5, 5.41) is 3.40. The van der Waals surface area contributed by atoms with Crippen molar-refractivity contribution >= 4 is 6.21 Å². The zero-order valence-corrected chi connectivity index (χ0v) is 6.75. The Morgan fingerprint density at radius 1 is 1.73 bits per heavy atom. The number of hydrogen-bond donors (Lipinski definition) is 1. The SMILES string of the molecule is C[C@@H]1CN2CC=NC=C2CN1. The number of nitrogens with zero attached hydrogens (tertiary/aromatic N) is 2. The van der Waals surface area contributed by atoms with Crippen LogP contribution in [0.15, 0.2) is 16.9 Å². The molecule has 2 aliphatic rings. The Morgan fingerprint density at radius 2 is 2.64 bits per heavy atom. The smallest absolute Gasteiger partial charge is 0.0531 e. The molecule has 11 heavy (non-hydrogen) atoms. The van der Waals surface area contributed by atoms with Crippen LogP contribution in [0.2, 0.25) is 0 Å². The predicted molar refractivity (Wildman–Crippen MR) is 45.6 cm³/mol. The fourth-order valence-electron chi connectivity index (χ4n) is 1.51. The van der Waals surface area contributed by atoms with Gasteiger partial charge in [-0.15, -0.1) is 0 Å². The second kappa shape index (κ2) is 2.66. The first-order chi connectivity index (χ1) is 5.36. The molecule has 1 fully saturated rings. The van der Waals surface area contributed by atoms with Crippen molar-refractivity contribution in [3.63, 3.8) is 0 Å². The van der Waals surface area contributed by atoms with Crippen LogP contribution >= 0.6 is 0 Å². The molecule has 0 unspecified atom stereocenters. The van der Waals surface area contributed by atoms with Crippen LogP contribution in [0.3, 0.4) is 0 Å². The normalized spacial score (nSPS) is 29.7. The Balaban J connectivity index is 2.11. The number of rotatable bonds is 0. The molecular weight excluding hydrogens is 138 g/mol. The molecule has 3 heteroatoms. The van der Waals surface area contributed by atoms with Crippen LogP contribution in [0.4, 0.5) is 0 Å². The summed E-state index contributed by atoms with van der Waals surface area (Å²) >= 11 is 0. The van der Waals surface area contributed by atoms with Crippen LogP contribution in [0.1, 0.15) is 6.92 Å². The average Bonchev–Trinajstić information content (AvgIpc) is 2.04. The van der Waals surface area contributed by atoms with Gasteiger partial charge < -0.3 is 10.2 Å². The van der Waals surface area contributed by atoms with Crippen molar-refractivity contribution < 1.29 is 0 Å². The Bertz CT molecular complexity index is 207. The molecule has 0 aromatic heterocycles. The van der Waals surface area contributed by atoms with Gasteiger partial charge in [0, 0.05) is 37.2 Å². The average molecular weight is 151 g/mol. The van der Waals surface area contributed by atoms with E-state index >= 15 is 0 Å². The summed E-state index contributed by atoms with van der Waals surface area (Å²) in [6.07, 6.45) is 3.91. The third-order valence-electron chi connectivity index (χ3n) is 2.16. The first-order valence-corrected chi connectivity index (χ1v) is 4.05. The van der Waals surface area contributed by atoms with Crippen molar-refractivity contribution in [2.75, 3.05) is 19.6 Å². The highest BCUT2D eigenvalue weighted by Gasteiger charge is 2.19. The van der Waals surface area contributed by atoms with Gasteiger partial charge in [-0.2, -0.15) is 0 Å². The molecule has 0 spiro atoms. The number of hydrogen-bond acceptors (Lipinski definition) is 3. The van der Waals surface area contributed by atoms with E-state index in [2.05, 4.69) is 22.1 Å². The van der Waals surface area contributed by atoms with Gasteiger partial charge in [-0.3, -0.25) is 4.99 Å². The molecule has 2 rings (SSSR count). The highest BCUT2D eigenvalue weighted by atomic mass is 15.2.